The highest BCUT2D eigenvalue weighted by atomic mass is 16.4. The van der Waals surface area contributed by atoms with E-state index in [-0.39, 0.29) is 18.4 Å². The van der Waals surface area contributed by atoms with Gasteiger partial charge in [-0.2, -0.15) is 0 Å². The van der Waals surface area contributed by atoms with Crippen LogP contribution in [0.1, 0.15) is 0 Å². The summed E-state index contributed by atoms with van der Waals surface area (Å²) in [6.07, 6.45) is 0. The molecule has 70 valence electrons. The summed E-state index contributed by atoms with van der Waals surface area (Å²) < 4.78 is 0. The largest absolute Gasteiger partial charge is 0.408 e. The van der Waals surface area contributed by atoms with Crippen molar-refractivity contribution in [3.8, 4) is 0 Å². The molecule has 0 aliphatic rings. The van der Waals surface area contributed by atoms with Crippen LogP contribution in [-0.2, 0) is 4.79 Å². The summed E-state index contributed by atoms with van der Waals surface area (Å²) in [6.45, 7) is 0.100. The van der Waals surface area contributed by atoms with Gasteiger partial charge >= 0.3 is 0 Å². The summed E-state index contributed by atoms with van der Waals surface area (Å²) in [6, 6.07) is 0. The molecule has 0 aromatic carbocycles. The van der Waals surface area contributed by atoms with E-state index in [1.54, 1.807) is 21.1 Å². The molecule has 0 aromatic rings. The molecule has 6 heteroatoms. The quantitative estimate of drug-likeness (QED) is 0.236. The molecule has 0 aromatic heterocycles. The molecule has 6 nitrogen and oxygen atoms in total. The normalized spacial score (nSPS) is 11.1. The zero-order valence-corrected chi connectivity index (χ0v) is 7.48. The fraction of sp³-hybridized carbons (Fsp3) is 0.667. The Balaban J connectivity index is 4.01. The van der Waals surface area contributed by atoms with Crippen molar-refractivity contribution in [2.24, 2.45) is 10.9 Å². The third kappa shape index (κ3) is 3.09. The van der Waals surface area contributed by atoms with Crippen LogP contribution >= 0.6 is 0 Å². The van der Waals surface area contributed by atoms with E-state index in [0.717, 1.165) is 0 Å². The van der Waals surface area contributed by atoms with Crippen LogP contribution in [-0.4, -0.2) is 54.6 Å². The van der Waals surface area contributed by atoms with Gasteiger partial charge in [-0.25, -0.2) is 0 Å². The van der Waals surface area contributed by atoms with Gasteiger partial charge in [0, 0.05) is 21.1 Å². The van der Waals surface area contributed by atoms with Crippen LogP contribution in [0.15, 0.2) is 5.16 Å². The SMILES string of the molecule is CN(C)C(=O)CN(C)C(N)=NO. The molecule has 0 atom stereocenters. The van der Waals surface area contributed by atoms with Crippen molar-refractivity contribution in [2.75, 3.05) is 27.7 Å². The van der Waals surface area contributed by atoms with Gasteiger partial charge in [0.15, 0.2) is 0 Å². The number of nitrogens with two attached hydrogens (primary N) is 1. The molecular weight excluding hydrogens is 160 g/mol. The Morgan fingerprint density at radius 3 is 2.33 bits per heavy atom. The van der Waals surface area contributed by atoms with E-state index in [0.29, 0.717) is 0 Å². The van der Waals surface area contributed by atoms with E-state index in [2.05, 4.69) is 5.16 Å². The third-order valence-electron chi connectivity index (χ3n) is 1.36. The molecule has 0 saturated heterocycles. The van der Waals surface area contributed by atoms with Gasteiger partial charge in [0.25, 0.3) is 0 Å². The van der Waals surface area contributed by atoms with Gasteiger partial charge < -0.3 is 20.7 Å². The first-order valence-electron chi connectivity index (χ1n) is 3.38. The Kier molecular flexibility index (Phi) is 3.89. The molecule has 0 aliphatic carbocycles. The number of hydrogen-bond donors (Lipinski definition) is 2. The molecule has 0 heterocycles. The third-order valence-corrected chi connectivity index (χ3v) is 1.36. The molecule has 12 heavy (non-hydrogen) atoms. The van der Waals surface area contributed by atoms with Crippen LogP contribution in [0.2, 0.25) is 0 Å². The Morgan fingerprint density at radius 1 is 1.50 bits per heavy atom. The molecular formula is C6H14N4O2. The number of likely N-dealkylation sites (N-methyl/N-ethyl adjacent to an activating group) is 2. The summed E-state index contributed by atoms with van der Waals surface area (Å²) in [7, 11) is 4.85. The number of amides is 1. The van der Waals surface area contributed by atoms with E-state index in [4.69, 9.17) is 10.9 Å². The lowest BCUT2D eigenvalue weighted by molar-refractivity contribution is -0.128. The number of hydrogen-bond acceptors (Lipinski definition) is 3. The van der Waals surface area contributed by atoms with Crippen molar-refractivity contribution >= 4 is 11.9 Å². The van der Waals surface area contributed by atoms with Crippen LogP contribution < -0.4 is 5.73 Å². The minimum Gasteiger partial charge on any atom is -0.408 e. The van der Waals surface area contributed by atoms with Gasteiger partial charge in [0.05, 0.1) is 6.54 Å². The van der Waals surface area contributed by atoms with Crippen LogP contribution in [0.25, 0.3) is 0 Å². The number of carbonyl (C=O) groups excluding carboxylic acids is 1. The highest BCUT2D eigenvalue weighted by molar-refractivity contribution is 5.84. The predicted octanol–water partition coefficient (Wildman–Crippen LogP) is -1.29. The van der Waals surface area contributed by atoms with Gasteiger partial charge in [-0.05, 0) is 0 Å². The van der Waals surface area contributed by atoms with Crippen LogP contribution in [0.3, 0.4) is 0 Å². The molecule has 0 spiro atoms. The first-order chi connectivity index (χ1) is 5.49. The van der Waals surface area contributed by atoms with E-state index in [1.807, 2.05) is 0 Å². The van der Waals surface area contributed by atoms with Crippen molar-refractivity contribution in [1.29, 1.82) is 0 Å². The van der Waals surface area contributed by atoms with Gasteiger partial charge in [-0.15, -0.1) is 0 Å². The maximum absolute atomic E-state index is 11.1. The maximum atomic E-state index is 11.1. The first-order valence-corrected chi connectivity index (χ1v) is 3.38. The average molecular weight is 174 g/mol. The number of rotatable bonds is 2. The van der Waals surface area contributed by atoms with Crippen molar-refractivity contribution in [2.45, 2.75) is 0 Å². The van der Waals surface area contributed by atoms with Crippen molar-refractivity contribution < 1.29 is 10.0 Å². The summed E-state index contributed by atoms with van der Waals surface area (Å²) in [5.41, 5.74) is 5.22. The summed E-state index contributed by atoms with van der Waals surface area (Å²) in [5, 5.41) is 11.0. The fourth-order valence-electron chi connectivity index (χ4n) is 0.502. The molecule has 0 bridgehead atoms. The second-order valence-corrected chi connectivity index (χ2v) is 2.60. The van der Waals surface area contributed by atoms with Crippen LogP contribution in [0.4, 0.5) is 0 Å². The van der Waals surface area contributed by atoms with Crippen LogP contribution in [0, 0.1) is 0 Å². The molecule has 1 amide bonds. The molecule has 0 saturated carbocycles. The highest BCUT2D eigenvalue weighted by Gasteiger charge is 2.09. The molecule has 0 unspecified atom stereocenters. The minimum absolute atomic E-state index is 0.0785. The van der Waals surface area contributed by atoms with Gasteiger partial charge in [-0.1, -0.05) is 5.16 Å². The van der Waals surface area contributed by atoms with Crippen LogP contribution in [0.5, 0.6) is 0 Å². The average Bonchev–Trinajstić information content (AvgIpc) is 2.02. The molecule has 0 fully saturated rings. The topological polar surface area (TPSA) is 82.2 Å². The second-order valence-electron chi connectivity index (χ2n) is 2.60. The second kappa shape index (κ2) is 4.42. The monoisotopic (exact) mass is 174 g/mol. The first kappa shape index (κ1) is 10.5. The summed E-state index contributed by atoms with van der Waals surface area (Å²) in [4.78, 5) is 13.8. The van der Waals surface area contributed by atoms with Gasteiger partial charge in [0.2, 0.25) is 11.9 Å². The zero-order valence-electron chi connectivity index (χ0n) is 7.48. The van der Waals surface area contributed by atoms with E-state index < -0.39 is 0 Å². The van der Waals surface area contributed by atoms with Crippen molar-refractivity contribution in [3.63, 3.8) is 0 Å². The number of nitrogens with zero attached hydrogens (tertiary/aromatic N) is 3. The standard InChI is InChI=1S/C6H14N4O2/c1-9(2)5(11)4-10(3)6(7)8-12/h12H,4H2,1-3H3,(H2,7,8). The lowest BCUT2D eigenvalue weighted by Crippen LogP contribution is -2.41. The summed E-state index contributed by atoms with van der Waals surface area (Å²) in [5.74, 6) is -0.186. The Labute approximate surface area is 71.2 Å². The Morgan fingerprint density at radius 2 is 2.00 bits per heavy atom. The predicted molar refractivity (Wildman–Crippen MR) is 44.7 cm³/mol. The zero-order chi connectivity index (χ0) is 9.72. The van der Waals surface area contributed by atoms with Crippen molar-refractivity contribution in [1.82, 2.24) is 9.80 Å². The Bertz CT molecular complexity index is 190. The fourth-order valence-corrected chi connectivity index (χ4v) is 0.502. The molecule has 3 N–H and O–H groups in total. The van der Waals surface area contributed by atoms with Crippen molar-refractivity contribution in [3.05, 3.63) is 0 Å². The molecule has 0 rings (SSSR count). The van der Waals surface area contributed by atoms with E-state index in [1.165, 1.54) is 9.80 Å². The number of carbonyl (C=O) groups is 1. The van der Waals surface area contributed by atoms with E-state index in [9.17, 15) is 4.79 Å². The smallest absolute Gasteiger partial charge is 0.241 e. The van der Waals surface area contributed by atoms with E-state index >= 15 is 0 Å². The molecule has 0 aliphatic heterocycles. The lowest BCUT2D eigenvalue weighted by atomic mass is 10.5. The Hall–Kier alpha value is -1.46. The number of guanidine groups is 1. The maximum Gasteiger partial charge on any atom is 0.241 e. The highest BCUT2D eigenvalue weighted by Crippen LogP contribution is 1.85. The number of oxime groups is 1. The van der Waals surface area contributed by atoms with Gasteiger partial charge in [-0.3, -0.25) is 4.79 Å². The summed E-state index contributed by atoms with van der Waals surface area (Å²) >= 11 is 0. The minimum atomic E-state index is -0.107. The lowest BCUT2D eigenvalue weighted by Gasteiger charge is -2.18. The van der Waals surface area contributed by atoms with Gasteiger partial charge in [0.1, 0.15) is 0 Å². The molecule has 0 radical (unpaired) electrons.